The number of hydrogen-bond donors (Lipinski definition) is 0. The summed E-state index contributed by atoms with van der Waals surface area (Å²) in [7, 11) is 1.28. The minimum atomic E-state index is -0.583. The second-order valence-corrected chi connectivity index (χ2v) is 6.07. The van der Waals surface area contributed by atoms with E-state index in [9.17, 15) is 9.59 Å². The lowest BCUT2D eigenvalue weighted by Gasteiger charge is -2.19. The van der Waals surface area contributed by atoms with Gasteiger partial charge in [0.05, 0.1) is 13.0 Å². The van der Waals surface area contributed by atoms with Crippen LogP contribution in [-0.4, -0.2) is 24.6 Å². The van der Waals surface area contributed by atoms with Crippen LogP contribution in [0.4, 0.5) is 0 Å². The van der Waals surface area contributed by atoms with Gasteiger partial charge in [0.25, 0.3) is 0 Å². The molecule has 1 saturated carbocycles. The highest BCUT2D eigenvalue weighted by molar-refractivity contribution is 5.89. The Morgan fingerprint density at radius 3 is 2.22 bits per heavy atom. The number of carbonyl (C=O) groups is 2. The first-order chi connectivity index (χ1) is 8.09. The highest BCUT2D eigenvalue weighted by Crippen LogP contribution is 2.58. The normalized spacial score (nSPS) is 24.6. The van der Waals surface area contributed by atoms with Gasteiger partial charge < -0.3 is 9.47 Å². The van der Waals surface area contributed by atoms with E-state index in [1.165, 1.54) is 7.11 Å². The first-order valence-corrected chi connectivity index (χ1v) is 5.92. The van der Waals surface area contributed by atoms with Crippen molar-refractivity contribution >= 4 is 11.9 Å². The molecule has 0 aliphatic heterocycles. The fourth-order valence-corrected chi connectivity index (χ4v) is 1.90. The van der Waals surface area contributed by atoms with Crippen LogP contribution in [0.3, 0.4) is 0 Å². The molecule has 100 valence electrons. The van der Waals surface area contributed by atoms with Crippen LogP contribution < -0.4 is 0 Å². The van der Waals surface area contributed by atoms with Crippen LogP contribution in [0.2, 0.25) is 0 Å². The molecule has 1 aliphatic carbocycles. The Morgan fingerprint density at radius 1 is 1.22 bits per heavy atom. The minimum Gasteiger partial charge on any atom is -0.460 e. The van der Waals surface area contributed by atoms with Gasteiger partial charge in [-0.25, -0.2) is 4.79 Å². The van der Waals surface area contributed by atoms with E-state index in [-0.39, 0.29) is 23.2 Å². The first-order valence-electron chi connectivity index (χ1n) is 5.92. The van der Waals surface area contributed by atoms with Crippen LogP contribution in [-0.2, 0) is 19.1 Å². The Balaban J connectivity index is 2.71. The molecule has 0 spiro atoms. The monoisotopic (exact) mass is 252 g/mol. The molecule has 1 fully saturated rings. The summed E-state index contributed by atoms with van der Waals surface area (Å²) in [5.74, 6) is 3.92. The van der Waals surface area contributed by atoms with Gasteiger partial charge in [0, 0.05) is 11.8 Å². The fourth-order valence-electron chi connectivity index (χ4n) is 1.90. The van der Waals surface area contributed by atoms with Crippen LogP contribution >= 0.6 is 0 Å². The van der Waals surface area contributed by atoms with Crippen molar-refractivity contribution in [1.29, 1.82) is 0 Å². The molecule has 0 bridgehead atoms. The second-order valence-electron chi connectivity index (χ2n) is 6.07. The lowest BCUT2D eigenvalue weighted by atomic mass is 10.1. The average molecular weight is 252 g/mol. The van der Waals surface area contributed by atoms with Gasteiger partial charge in [0.1, 0.15) is 5.60 Å². The zero-order valence-corrected chi connectivity index (χ0v) is 11.8. The molecular formula is C14H20O4. The van der Waals surface area contributed by atoms with E-state index < -0.39 is 11.6 Å². The standard InChI is InChI=1S/C14H20O4/c1-13(2,3)18-12(16)11-9(14(11,4)5)7-8-10(15)17-6/h9,11H,1-6H3/t9-,11-/m0/s1. The van der Waals surface area contributed by atoms with Gasteiger partial charge >= 0.3 is 11.9 Å². The molecule has 0 radical (unpaired) electrons. The van der Waals surface area contributed by atoms with Crippen molar-refractivity contribution in [3.8, 4) is 11.8 Å². The van der Waals surface area contributed by atoms with E-state index in [1.54, 1.807) is 0 Å². The summed E-state index contributed by atoms with van der Waals surface area (Å²) < 4.78 is 9.78. The maximum Gasteiger partial charge on any atom is 0.384 e. The summed E-state index contributed by atoms with van der Waals surface area (Å²) in [5.41, 5.74) is -0.751. The number of ether oxygens (including phenoxy) is 2. The molecule has 0 N–H and O–H groups in total. The zero-order chi connectivity index (χ0) is 14.1. The van der Waals surface area contributed by atoms with Crippen LogP contribution in [0.1, 0.15) is 34.6 Å². The van der Waals surface area contributed by atoms with Crippen molar-refractivity contribution in [1.82, 2.24) is 0 Å². The highest BCUT2D eigenvalue weighted by Gasteiger charge is 2.62. The Kier molecular flexibility index (Phi) is 3.75. The van der Waals surface area contributed by atoms with Gasteiger partial charge in [-0.2, -0.15) is 0 Å². The van der Waals surface area contributed by atoms with E-state index in [4.69, 9.17) is 4.74 Å². The number of esters is 2. The average Bonchev–Trinajstić information content (AvgIpc) is 2.74. The van der Waals surface area contributed by atoms with Crippen LogP contribution in [0.15, 0.2) is 0 Å². The van der Waals surface area contributed by atoms with Gasteiger partial charge in [-0.05, 0) is 26.2 Å². The molecule has 4 heteroatoms. The number of carbonyl (C=O) groups excluding carboxylic acids is 2. The Morgan fingerprint density at radius 2 is 1.78 bits per heavy atom. The molecule has 4 nitrogen and oxygen atoms in total. The molecule has 0 unspecified atom stereocenters. The van der Waals surface area contributed by atoms with Gasteiger partial charge in [-0.3, -0.25) is 4.79 Å². The van der Waals surface area contributed by atoms with Crippen molar-refractivity contribution < 1.29 is 19.1 Å². The van der Waals surface area contributed by atoms with Crippen molar-refractivity contribution in [2.75, 3.05) is 7.11 Å². The molecule has 0 aromatic rings. The Bertz CT molecular complexity index is 417. The molecule has 1 aliphatic rings. The SMILES string of the molecule is COC(=O)C#C[C@H]1[C@@H](C(=O)OC(C)(C)C)C1(C)C. The second kappa shape index (κ2) is 4.64. The molecule has 18 heavy (non-hydrogen) atoms. The van der Waals surface area contributed by atoms with Crippen molar-refractivity contribution in [2.24, 2.45) is 17.3 Å². The largest absolute Gasteiger partial charge is 0.460 e. The van der Waals surface area contributed by atoms with E-state index in [0.717, 1.165) is 0 Å². The first kappa shape index (κ1) is 14.6. The smallest absolute Gasteiger partial charge is 0.384 e. The summed E-state index contributed by atoms with van der Waals surface area (Å²) >= 11 is 0. The maximum absolute atomic E-state index is 12.0. The summed E-state index contributed by atoms with van der Waals surface area (Å²) in [6.45, 7) is 9.37. The molecule has 0 aromatic heterocycles. The summed E-state index contributed by atoms with van der Waals surface area (Å²) in [4.78, 5) is 22.9. The van der Waals surface area contributed by atoms with E-state index in [2.05, 4.69) is 16.6 Å². The summed E-state index contributed by atoms with van der Waals surface area (Å²) in [6, 6.07) is 0. The van der Waals surface area contributed by atoms with E-state index >= 15 is 0 Å². The molecule has 0 amide bonds. The predicted octanol–water partition coefficient (Wildman–Crippen LogP) is 1.78. The lowest BCUT2D eigenvalue weighted by molar-refractivity contribution is -0.157. The van der Waals surface area contributed by atoms with Gasteiger partial charge in [0.15, 0.2) is 0 Å². The predicted molar refractivity (Wildman–Crippen MR) is 66.4 cm³/mol. The third-order valence-corrected chi connectivity index (χ3v) is 3.00. The van der Waals surface area contributed by atoms with Crippen LogP contribution in [0.25, 0.3) is 0 Å². The topological polar surface area (TPSA) is 52.6 Å². The molecule has 0 saturated heterocycles. The van der Waals surface area contributed by atoms with E-state index in [1.807, 2.05) is 34.6 Å². The third-order valence-electron chi connectivity index (χ3n) is 3.00. The number of rotatable bonds is 1. The lowest BCUT2D eigenvalue weighted by Crippen LogP contribution is -2.26. The quantitative estimate of drug-likeness (QED) is 0.405. The molecular weight excluding hydrogens is 232 g/mol. The maximum atomic E-state index is 12.0. The molecule has 1 rings (SSSR count). The Hall–Kier alpha value is -1.50. The highest BCUT2D eigenvalue weighted by atomic mass is 16.6. The van der Waals surface area contributed by atoms with Crippen molar-refractivity contribution in [2.45, 2.75) is 40.2 Å². The van der Waals surface area contributed by atoms with Crippen LogP contribution in [0, 0.1) is 29.1 Å². The van der Waals surface area contributed by atoms with Gasteiger partial charge in [-0.15, -0.1) is 0 Å². The Labute approximate surface area is 108 Å². The van der Waals surface area contributed by atoms with Gasteiger partial charge in [0.2, 0.25) is 0 Å². The molecule has 0 aromatic carbocycles. The van der Waals surface area contributed by atoms with Crippen LogP contribution in [0.5, 0.6) is 0 Å². The van der Waals surface area contributed by atoms with Gasteiger partial charge in [-0.1, -0.05) is 19.8 Å². The minimum absolute atomic E-state index is 0.147. The number of hydrogen-bond acceptors (Lipinski definition) is 4. The molecule has 0 heterocycles. The van der Waals surface area contributed by atoms with E-state index in [0.29, 0.717) is 0 Å². The van der Waals surface area contributed by atoms with Crippen molar-refractivity contribution in [3.05, 3.63) is 0 Å². The van der Waals surface area contributed by atoms with Crippen molar-refractivity contribution in [3.63, 3.8) is 0 Å². The fraction of sp³-hybridized carbons (Fsp3) is 0.714. The number of methoxy groups -OCH3 is 1. The summed E-state index contributed by atoms with van der Waals surface area (Å²) in [6.07, 6.45) is 0. The summed E-state index contributed by atoms with van der Waals surface area (Å²) in [5, 5.41) is 0. The zero-order valence-electron chi connectivity index (χ0n) is 11.8. The molecule has 2 atom stereocenters. The third kappa shape index (κ3) is 3.25.